The lowest BCUT2D eigenvalue weighted by Gasteiger charge is -2.26. The standard InChI is InChI=1S/C18H23N3O2S/c1-4-18(2,3)19-12-17(22)21-14(16-8-6-10-24-16)11-13(20-21)15-7-5-9-23-15/h5-10,14,19H,4,11-12H2,1-3H3/t14-/m0/s1. The number of hydrogen-bond acceptors (Lipinski definition) is 5. The normalized spacial score (nSPS) is 18.0. The highest BCUT2D eigenvalue weighted by molar-refractivity contribution is 7.10. The Morgan fingerprint density at radius 3 is 2.92 bits per heavy atom. The minimum Gasteiger partial charge on any atom is -0.463 e. The quantitative estimate of drug-likeness (QED) is 0.866. The predicted octanol–water partition coefficient (Wildman–Crippen LogP) is 3.80. The van der Waals surface area contributed by atoms with Gasteiger partial charge < -0.3 is 9.73 Å². The number of carbonyl (C=O) groups is 1. The number of hydrazone groups is 1. The van der Waals surface area contributed by atoms with Crippen molar-refractivity contribution in [2.45, 2.75) is 45.2 Å². The van der Waals surface area contributed by atoms with Crippen LogP contribution in [0.2, 0.25) is 0 Å². The van der Waals surface area contributed by atoms with Crippen molar-refractivity contribution < 1.29 is 9.21 Å². The molecule has 2 aromatic heterocycles. The number of carbonyl (C=O) groups excluding carboxylic acids is 1. The molecule has 0 radical (unpaired) electrons. The minimum atomic E-state index is -0.0681. The number of nitrogens with zero attached hydrogens (tertiary/aromatic N) is 2. The molecule has 0 saturated carbocycles. The van der Waals surface area contributed by atoms with Crippen LogP contribution in [0.15, 0.2) is 45.4 Å². The molecule has 3 rings (SSSR count). The van der Waals surface area contributed by atoms with E-state index in [0.29, 0.717) is 6.42 Å². The average molecular weight is 345 g/mol. The first kappa shape index (κ1) is 16.9. The second-order valence-corrected chi connectivity index (χ2v) is 7.57. The van der Waals surface area contributed by atoms with Crippen LogP contribution in [0.4, 0.5) is 0 Å². The van der Waals surface area contributed by atoms with Crippen molar-refractivity contribution in [2.24, 2.45) is 5.10 Å². The van der Waals surface area contributed by atoms with Crippen molar-refractivity contribution >= 4 is 23.0 Å². The van der Waals surface area contributed by atoms with Gasteiger partial charge in [0, 0.05) is 16.8 Å². The summed E-state index contributed by atoms with van der Waals surface area (Å²) >= 11 is 1.65. The van der Waals surface area contributed by atoms with E-state index in [2.05, 4.69) is 37.3 Å². The van der Waals surface area contributed by atoms with Gasteiger partial charge in [0.05, 0.1) is 18.8 Å². The molecule has 2 aromatic rings. The molecule has 0 unspecified atom stereocenters. The number of nitrogens with one attached hydrogen (secondary N) is 1. The van der Waals surface area contributed by atoms with E-state index in [1.807, 2.05) is 23.6 Å². The summed E-state index contributed by atoms with van der Waals surface area (Å²) < 4.78 is 5.46. The van der Waals surface area contributed by atoms with Crippen LogP contribution in [0.1, 0.15) is 50.3 Å². The molecule has 0 fully saturated rings. The Kier molecular flexibility index (Phi) is 4.87. The maximum atomic E-state index is 12.8. The van der Waals surface area contributed by atoms with Crippen molar-refractivity contribution in [1.29, 1.82) is 0 Å². The molecule has 1 aliphatic rings. The van der Waals surface area contributed by atoms with Crippen LogP contribution in [0.25, 0.3) is 0 Å². The Hall–Kier alpha value is -1.92. The van der Waals surface area contributed by atoms with Gasteiger partial charge in [0.25, 0.3) is 5.91 Å². The highest BCUT2D eigenvalue weighted by Crippen LogP contribution is 2.35. The minimum absolute atomic E-state index is 0.0171. The lowest BCUT2D eigenvalue weighted by molar-refractivity contribution is -0.132. The molecule has 128 valence electrons. The van der Waals surface area contributed by atoms with Gasteiger partial charge in [-0.1, -0.05) is 13.0 Å². The van der Waals surface area contributed by atoms with Gasteiger partial charge in [-0.15, -0.1) is 11.3 Å². The first-order chi connectivity index (χ1) is 11.5. The van der Waals surface area contributed by atoms with E-state index in [-0.39, 0.29) is 24.0 Å². The molecule has 1 N–H and O–H groups in total. The summed E-state index contributed by atoms with van der Waals surface area (Å²) in [6, 6.07) is 7.74. The zero-order valence-electron chi connectivity index (χ0n) is 14.3. The third kappa shape index (κ3) is 3.60. The van der Waals surface area contributed by atoms with E-state index in [9.17, 15) is 4.79 Å². The summed E-state index contributed by atoms with van der Waals surface area (Å²) in [5, 5.41) is 11.5. The van der Waals surface area contributed by atoms with E-state index in [1.165, 1.54) is 0 Å². The Morgan fingerprint density at radius 2 is 2.29 bits per heavy atom. The highest BCUT2D eigenvalue weighted by atomic mass is 32.1. The fraction of sp³-hybridized carbons (Fsp3) is 0.444. The van der Waals surface area contributed by atoms with Gasteiger partial charge in [0.15, 0.2) is 0 Å². The first-order valence-corrected chi connectivity index (χ1v) is 9.10. The lowest BCUT2D eigenvalue weighted by Crippen LogP contribution is -2.45. The van der Waals surface area contributed by atoms with Gasteiger partial charge >= 0.3 is 0 Å². The van der Waals surface area contributed by atoms with Gasteiger partial charge in [-0.3, -0.25) is 4.79 Å². The molecule has 1 aliphatic heterocycles. The second-order valence-electron chi connectivity index (χ2n) is 6.59. The van der Waals surface area contributed by atoms with E-state index in [4.69, 9.17) is 4.42 Å². The third-order valence-electron chi connectivity index (χ3n) is 4.45. The number of rotatable bonds is 6. The van der Waals surface area contributed by atoms with E-state index >= 15 is 0 Å². The highest BCUT2D eigenvalue weighted by Gasteiger charge is 2.34. The molecule has 0 aliphatic carbocycles. The smallest absolute Gasteiger partial charge is 0.257 e. The van der Waals surface area contributed by atoms with E-state index < -0.39 is 0 Å². The third-order valence-corrected chi connectivity index (χ3v) is 5.42. The van der Waals surface area contributed by atoms with Crippen LogP contribution in [0.5, 0.6) is 0 Å². The first-order valence-electron chi connectivity index (χ1n) is 8.22. The topological polar surface area (TPSA) is 57.8 Å². The average Bonchev–Trinajstić information content (AvgIpc) is 3.32. The van der Waals surface area contributed by atoms with Crippen molar-refractivity contribution in [3.8, 4) is 0 Å². The Balaban J connectivity index is 1.79. The van der Waals surface area contributed by atoms with Crippen molar-refractivity contribution in [3.05, 3.63) is 46.5 Å². The molecule has 0 saturated heterocycles. The second kappa shape index (κ2) is 6.91. The molecule has 24 heavy (non-hydrogen) atoms. The summed E-state index contributed by atoms with van der Waals surface area (Å²) in [4.78, 5) is 13.9. The maximum absolute atomic E-state index is 12.8. The number of hydrogen-bond donors (Lipinski definition) is 1. The molecule has 0 spiro atoms. The summed E-state index contributed by atoms with van der Waals surface area (Å²) in [6.45, 7) is 6.57. The fourth-order valence-corrected chi connectivity index (χ4v) is 3.37. The van der Waals surface area contributed by atoms with Crippen molar-refractivity contribution in [1.82, 2.24) is 10.3 Å². The molecule has 1 atom stereocenters. The van der Waals surface area contributed by atoms with Gasteiger partial charge in [0.1, 0.15) is 11.5 Å². The molecule has 6 heteroatoms. The summed E-state index contributed by atoms with van der Waals surface area (Å²) in [6.07, 6.45) is 3.26. The van der Waals surface area contributed by atoms with Gasteiger partial charge in [-0.05, 0) is 43.8 Å². The summed E-state index contributed by atoms with van der Waals surface area (Å²) in [7, 11) is 0. The number of furan rings is 1. The van der Waals surface area contributed by atoms with Gasteiger partial charge in [-0.25, -0.2) is 5.01 Å². The molecule has 0 aromatic carbocycles. The predicted molar refractivity (Wildman–Crippen MR) is 96.1 cm³/mol. The lowest BCUT2D eigenvalue weighted by atomic mass is 10.0. The van der Waals surface area contributed by atoms with Gasteiger partial charge in [-0.2, -0.15) is 5.10 Å². The summed E-state index contributed by atoms with van der Waals surface area (Å²) in [5.74, 6) is 0.713. The van der Waals surface area contributed by atoms with Crippen LogP contribution in [-0.2, 0) is 4.79 Å². The molecule has 0 bridgehead atoms. The number of amides is 1. The molecule has 5 nitrogen and oxygen atoms in total. The van der Waals surface area contributed by atoms with E-state index in [0.717, 1.165) is 22.8 Å². The van der Waals surface area contributed by atoms with Crippen molar-refractivity contribution in [2.75, 3.05) is 6.54 Å². The van der Waals surface area contributed by atoms with Crippen LogP contribution < -0.4 is 5.32 Å². The molecular weight excluding hydrogens is 322 g/mol. The zero-order chi connectivity index (χ0) is 17.2. The monoisotopic (exact) mass is 345 g/mol. The Bertz CT molecular complexity index is 705. The molecule has 1 amide bonds. The van der Waals surface area contributed by atoms with Crippen molar-refractivity contribution in [3.63, 3.8) is 0 Å². The maximum Gasteiger partial charge on any atom is 0.257 e. The van der Waals surface area contributed by atoms with Crippen LogP contribution in [0, 0.1) is 0 Å². The summed E-state index contributed by atoms with van der Waals surface area (Å²) in [5.41, 5.74) is 0.753. The zero-order valence-corrected chi connectivity index (χ0v) is 15.1. The number of thiophene rings is 1. The van der Waals surface area contributed by atoms with E-state index in [1.54, 1.807) is 22.6 Å². The largest absolute Gasteiger partial charge is 0.463 e. The molecule has 3 heterocycles. The Morgan fingerprint density at radius 1 is 1.46 bits per heavy atom. The van der Waals surface area contributed by atoms with Crippen LogP contribution >= 0.6 is 11.3 Å². The van der Waals surface area contributed by atoms with Crippen LogP contribution in [0.3, 0.4) is 0 Å². The van der Waals surface area contributed by atoms with Gasteiger partial charge in [0.2, 0.25) is 0 Å². The van der Waals surface area contributed by atoms with Crippen LogP contribution in [-0.4, -0.2) is 28.7 Å². The fourth-order valence-electron chi connectivity index (χ4n) is 2.56. The Labute approximate surface area is 146 Å². The SMILES string of the molecule is CCC(C)(C)NCC(=O)N1N=C(c2ccco2)C[C@H]1c1cccs1. The molecular formula is C18H23N3O2S.